The molecule has 3 heteroatoms. The number of rotatable bonds is 1. The molecule has 0 amide bonds. The van der Waals surface area contributed by atoms with Crippen LogP contribution in [0.3, 0.4) is 0 Å². The number of hydrogen-bond donors (Lipinski definition) is 1. The van der Waals surface area contributed by atoms with Crippen molar-refractivity contribution < 1.29 is 0 Å². The lowest BCUT2D eigenvalue weighted by Crippen LogP contribution is -2.19. The van der Waals surface area contributed by atoms with Crippen LogP contribution in [0.15, 0.2) is 23.6 Å². The van der Waals surface area contributed by atoms with Gasteiger partial charge in [-0.05, 0) is 30.0 Å². The van der Waals surface area contributed by atoms with Gasteiger partial charge in [-0.15, -0.1) is 23.7 Å². The van der Waals surface area contributed by atoms with Crippen LogP contribution in [0, 0.1) is 0 Å². The SMILES string of the molecule is C1=C(c2cccs2)CCNC1.Cl. The summed E-state index contributed by atoms with van der Waals surface area (Å²) >= 11 is 1.83. The summed E-state index contributed by atoms with van der Waals surface area (Å²) in [5.74, 6) is 0. The van der Waals surface area contributed by atoms with E-state index in [0.29, 0.717) is 0 Å². The van der Waals surface area contributed by atoms with Crippen molar-refractivity contribution in [2.45, 2.75) is 6.42 Å². The standard InChI is InChI=1S/C9H11NS.ClH/c1-2-9(11-7-1)8-3-5-10-6-4-8;/h1-3,7,10H,4-6H2;1H. The Labute approximate surface area is 82.9 Å². The van der Waals surface area contributed by atoms with Crippen molar-refractivity contribution in [2.24, 2.45) is 0 Å². The van der Waals surface area contributed by atoms with Crippen LogP contribution in [0.2, 0.25) is 0 Å². The second-order valence-electron chi connectivity index (χ2n) is 2.66. The van der Waals surface area contributed by atoms with E-state index in [1.54, 1.807) is 0 Å². The van der Waals surface area contributed by atoms with E-state index in [0.717, 1.165) is 13.1 Å². The summed E-state index contributed by atoms with van der Waals surface area (Å²) in [6.45, 7) is 2.16. The average molecular weight is 202 g/mol. The Hall–Kier alpha value is -0.310. The molecule has 0 bridgehead atoms. The third-order valence-corrected chi connectivity index (χ3v) is 2.85. The van der Waals surface area contributed by atoms with E-state index in [1.165, 1.54) is 16.9 Å². The van der Waals surface area contributed by atoms with Crippen LogP contribution in [0.4, 0.5) is 0 Å². The summed E-state index contributed by atoms with van der Waals surface area (Å²) < 4.78 is 0. The summed E-state index contributed by atoms with van der Waals surface area (Å²) in [5, 5.41) is 5.44. The lowest BCUT2D eigenvalue weighted by molar-refractivity contribution is 0.739. The molecule has 2 rings (SSSR count). The van der Waals surface area contributed by atoms with Gasteiger partial charge >= 0.3 is 0 Å². The second-order valence-corrected chi connectivity index (χ2v) is 3.61. The Morgan fingerprint density at radius 3 is 2.92 bits per heavy atom. The molecule has 1 nitrogen and oxygen atoms in total. The average Bonchev–Trinajstić information content (AvgIpc) is 2.58. The number of nitrogens with one attached hydrogen (secondary N) is 1. The molecular weight excluding hydrogens is 190 g/mol. The zero-order chi connectivity index (χ0) is 7.52. The van der Waals surface area contributed by atoms with Gasteiger partial charge in [0.25, 0.3) is 0 Å². The van der Waals surface area contributed by atoms with Gasteiger partial charge in [-0.25, -0.2) is 0 Å². The van der Waals surface area contributed by atoms with Crippen LogP contribution < -0.4 is 5.32 Å². The fraction of sp³-hybridized carbons (Fsp3) is 0.333. The van der Waals surface area contributed by atoms with Gasteiger partial charge in [0.15, 0.2) is 0 Å². The molecule has 1 aliphatic rings. The molecule has 0 saturated heterocycles. The maximum absolute atomic E-state index is 3.30. The van der Waals surface area contributed by atoms with E-state index in [9.17, 15) is 0 Å². The van der Waals surface area contributed by atoms with Gasteiger partial charge in [-0.2, -0.15) is 0 Å². The maximum atomic E-state index is 3.30. The van der Waals surface area contributed by atoms with Crippen LogP contribution in [-0.4, -0.2) is 13.1 Å². The highest BCUT2D eigenvalue weighted by atomic mass is 35.5. The molecule has 0 saturated carbocycles. The van der Waals surface area contributed by atoms with Crippen molar-refractivity contribution in [2.75, 3.05) is 13.1 Å². The normalized spacial score (nSPS) is 16.5. The van der Waals surface area contributed by atoms with Crippen LogP contribution >= 0.6 is 23.7 Å². The van der Waals surface area contributed by atoms with Gasteiger partial charge < -0.3 is 5.32 Å². The van der Waals surface area contributed by atoms with Crippen LogP contribution in [-0.2, 0) is 0 Å². The first-order valence-corrected chi connectivity index (χ1v) is 4.78. The Morgan fingerprint density at radius 1 is 1.42 bits per heavy atom. The van der Waals surface area contributed by atoms with E-state index in [1.807, 2.05) is 11.3 Å². The first kappa shape index (κ1) is 9.78. The minimum atomic E-state index is 0. The quantitative estimate of drug-likeness (QED) is 0.737. The van der Waals surface area contributed by atoms with Gasteiger partial charge in [0.2, 0.25) is 0 Å². The minimum absolute atomic E-state index is 0. The summed E-state index contributed by atoms with van der Waals surface area (Å²) in [6.07, 6.45) is 3.47. The van der Waals surface area contributed by atoms with Crippen LogP contribution in [0.5, 0.6) is 0 Å². The Kier molecular flexibility index (Phi) is 3.79. The molecule has 0 unspecified atom stereocenters. The molecule has 1 aliphatic heterocycles. The third-order valence-electron chi connectivity index (χ3n) is 1.90. The molecule has 0 aliphatic carbocycles. The molecule has 12 heavy (non-hydrogen) atoms. The van der Waals surface area contributed by atoms with Crippen molar-refractivity contribution in [1.82, 2.24) is 5.32 Å². The van der Waals surface area contributed by atoms with Crippen molar-refractivity contribution in [3.05, 3.63) is 28.5 Å². The van der Waals surface area contributed by atoms with Crippen molar-refractivity contribution in [1.29, 1.82) is 0 Å². The fourth-order valence-electron chi connectivity index (χ4n) is 1.31. The van der Waals surface area contributed by atoms with Gasteiger partial charge in [0, 0.05) is 11.4 Å². The van der Waals surface area contributed by atoms with Gasteiger partial charge in [0.1, 0.15) is 0 Å². The molecule has 0 spiro atoms. The first-order chi connectivity index (χ1) is 5.47. The van der Waals surface area contributed by atoms with Crippen LogP contribution in [0.1, 0.15) is 11.3 Å². The Morgan fingerprint density at radius 2 is 2.33 bits per heavy atom. The van der Waals surface area contributed by atoms with Gasteiger partial charge in [-0.3, -0.25) is 0 Å². The monoisotopic (exact) mass is 201 g/mol. The smallest absolute Gasteiger partial charge is 0.0300 e. The maximum Gasteiger partial charge on any atom is 0.0300 e. The predicted molar refractivity (Wildman–Crippen MR) is 57.0 cm³/mol. The molecule has 66 valence electrons. The van der Waals surface area contributed by atoms with E-state index in [2.05, 4.69) is 28.9 Å². The summed E-state index contributed by atoms with van der Waals surface area (Å²) in [6, 6.07) is 4.31. The molecule has 0 atom stereocenters. The first-order valence-electron chi connectivity index (χ1n) is 3.90. The fourth-order valence-corrected chi connectivity index (χ4v) is 2.11. The molecule has 1 aromatic rings. The molecule has 0 fully saturated rings. The summed E-state index contributed by atoms with van der Waals surface area (Å²) in [4.78, 5) is 1.44. The molecule has 0 radical (unpaired) electrons. The van der Waals surface area contributed by atoms with E-state index in [-0.39, 0.29) is 12.4 Å². The van der Waals surface area contributed by atoms with Crippen molar-refractivity contribution >= 4 is 29.3 Å². The molecule has 1 aromatic heterocycles. The third kappa shape index (κ3) is 2.09. The highest BCUT2D eigenvalue weighted by Gasteiger charge is 2.04. The molecule has 2 heterocycles. The van der Waals surface area contributed by atoms with E-state index >= 15 is 0 Å². The predicted octanol–water partition coefficient (Wildman–Crippen LogP) is 2.55. The number of halogens is 1. The molecule has 0 aromatic carbocycles. The van der Waals surface area contributed by atoms with Crippen LogP contribution in [0.25, 0.3) is 5.57 Å². The number of thiophene rings is 1. The zero-order valence-corrected chi connectivity index (χ0v) is 8.38. The topological polar surface area (TPSA) is 12.0 Å². The summed E-state index contributed by atoms with van der Waals surface area (Å²) in [5.41, 5.74) is 1.51. The van der Waals surface area contributed by atoms with Crippen molar-refractivity contribution in [3.8, 4) is 0 Å². The van der Waals surface area contributed by atoms with Gasteiger partial charge in [0.05, 0.1) is 0 Å². The van der Waals surface area contributed by atoms with E-state index in [4.69, 9.17) is 0 Å². The Balaban J connectivity index is 0.000000720. The zero-order valence-electron chi connectivity index (χ0n) is 6.75. The van der Waals surface area contributed by atoms with E-state index < -0.39 is 0 Å². The summed E-state index contributed by atoms with van der Waals surface area (Å²) in [7, 11) is 0. The lowest BCUT2D eigenvalue weighted by atomic mass is 10.1. The second kappa shape index (κ2) is 4.65. The molecule has 1 N–H and O–H groups in total. The Bertz CT molecular complexity index is 254. The molecular formula is C9H12ClNS. The highest BCUT2D eigenvalue weighted by Crippen LogP contribution is 2.23. The highest BCUT2D eigenvalue weighted by molar-refractivity contribution is 7.11. The largest absolute Gasteiger partial charge is 0.313 e. The van der Waals surface area contributed by atoms with Gasteiger partial charge in [-0.1, -0.05) is 12.1 Å². The van der Waals surface area contributed by atoms with Crippen molar-refractivity contribution in [3.63, 3.8) is 0 Å². The lowest BCUT2D eigenvalue weighted by Gasteiger charge is -2.11. The number of hydrogen-bond acceptors (Lipinski definition) is 2. The minimum Gasteiger partial charge on any atom is -0.313 e.